The molecule has 0 spiro atoms. The molecule has 0 aromatic heterocycles. The van der Waals surface area contributed by atoms with Gasteiger partial charge in [0.25, 0.3) is 0 Å². The van der Waals surface area contributed by atoms with E-state index in [1.165, 1.54) is 25.3 Å². The Hall–Kier alpha value is -0.780. The molecule has 0 radical (unpaired) electrons. The highest BCUT2D eigenvalue weighted by atomic mass is 35.5. The molecule has 0 aliphatic heterocycles. The van der Waals surface area contributed by atoms with Gasteiger partial charge in [0.1, 0.15) is 11.6 Å². The molecule has 0 amide bonds. The number of halogens is 1. The van der Waals surface area contributed by atoms with Crippen LogP contribution in [0.25, 0.3) is 0 Å². The normalized spacial score (nSPS) is 11.4. The Morgan fingerprint density at radius 2 is 2.13 bits per heavy atom. The minimum absolute atomic E-state index is 0.115. The van der Waals surface area contributed by atoms with Crippen molar-refractivity contribution >= 4 is 21.4 Å². The van der Waals surface area contributed by atoms with E-state index in [4.69, 9.17) is 16.3 Å². The second kappa shape index (κ2) is 4.83. The van der Waals surface area contributed by atoms with Crippen LogP contribution >= 0.6 is 11.6 Å². The SMILES string of the molecule is CNCS(=O)(=O)c1ccc(OC)c(Cl)c1. The number of hydrogen-bond acceptors (Lipinski definition) is 4. The van der Waals surface area contributed by atoms with Gasteiger partial charge in [0, 0.05) is 0 Å². The van der Waals surface area contributed by atoms with E-state index >= 15 is 0 Å². The van der Waals surface area contributed by atoms with Crippen molar-refractivity contribution in [1.29, 1.82) is 0 Å². The number of methoxy groups -OCH3 is 1. The lowest BCUT2D eigenvalue weighted by atomic mass is 10.3. The Balaban J connectivity index is 3.13. The molecule has 0 atom stereocenters. The molecule has 1 rings (SSSR count). The van der Waals surface area contributed by atoms with E-state index in [0.29, 0.717) is 5.75 Å². The van der Waals surface area contributed by atoms with Gasteiger partial charge >= 0.3 is 0 Å². The summed E-state index contributed by atoms with van der Waals surface area (Å²) < 4.78 is 28.2. The summed E-state index contributed by atoms with van der Waals surface area (Å²) in [7, 11) is -0.262. The van der Waals surface area contributed by atoms with Crippen molar-refractivity contribution in [2.24, 2.45) is 0 Å². The predicted molar refractivity (Wildman–Crippen MR) is 59.1 cm³/mol. The number of ether oxygens (including phenoxy) is 1. The summed E-state index contributed by atoms with van der Waals surface area (Å²) in [5.41, 5.74) is 0. The van der Waals surface area contributed by atoms with Gasteiger partial charge in [0.15, 0.2) is 9.84 Å². The van der Waals surface area contributed by atoms with E-state index in [0.717, 1.165) is 0 Å². The maximum atomic E-state index is 11.6. The largest absolute Gasteiger partial charge is 0.495 e. The lowest BCUT2D eigenvalue weighted by Gasteiger charge is -2.06. The summed E-state index contributed by atoms with van der Waals surface area (Å²) in [6.45, 7) is 0. The molecule has 0 fully saturated rings. The standard InChI is InChI=1S/C9H12ClNO3S/c1-11-6-15(12,13)7-3-4-9(14-2)8(10)5-7/h3-5,11H,6H2,1-2H3. The second-order valence-corrected chi connectivity index (χ2v) is 5.31. The molecule has 84 valence electrons. The number of rotatable bonds is 4. The van der Waals surface area contributed by atoms with Gasteiger partial charge in [-0.1, -0.05) is 11.6 Å². The molecule has 15 heavy (non-hydrogen) atoms. The molecule has 0 saturated carbocycles. The van der Waals surface area contributed by atoms with Crippen LogP contribution < -0.4 is 10.1 Å². The van der Waals surface area contributed by atoms with Gasteiger partial charge in [-0.15, -0.1) is 0 Å². The number of sulfone groups is 1. The summed E-state index contributed by atoms with van der Waals surface area (Å²) in [6, 6.07) is 4.38. The van der Waals surface area contributed by atoms with Gasteiger partial charge in [-0.25, -0.2) is 8.42 Å². The van der Waals surface area contributed by atoms with Crippen molar-refractivity contribution < 1.29 is 13.2 Å². The van der Waals surface area contributed by atoms with Crippen molar-refractivity contribution in [1.82, 2.24) is 5.32 Å². The van der Waals surface area contributed by atoms with Crippen molar-refractivity contribution in [3.05, 3.63) is 23.2 Å². The molecule has 4 nitrogen and oxygen atoms in total. The third-order valence-corrected chi connectivity index (χ3v) is 3.75. The van der Waals surface area contributed by atoms with Crippen molar-refractivity contribution in [3.63, 3.8) is 0 Å². The van der Waals surface area contributed by atoms with Crippen LogP contribution in [0.15, 0.2) is 23.1 Å². The maximum Gasteiger partial charge on any atom is 0.191 e. The van der Waals surface area contributed by atoms with Gasteiger partial charge in [0.05, 0.1) is 17.0 Å². The number of hydrogen-bond donors (Lipinski definition) is 1. The second-order valence-electron chi connectivity index (χ2n) is 2.91. The van der Waals surface area contributed by atoms with Crippen LogP contribution in [0.3, 0.4) is 0 Å². The van der Waals surface area contributed by atoms with Crippen LogP contribution in [0.5, 0.6) is 5.75 Å². The Kier molecular flexibility index (Phi) is 3.96. The summed E-state index contributed by atoms with van der Waals surface area (Å²) >= 11 is 5.83. The topological polar surface area (TPSA) is 55.4 Å². The van der Waals surface area contributed by atoms with E-state index in [-0.39, 0.29) is 15.8 Å². The third-order valence-electron chi connectivity index (χ3n) is 1.82. The lowest BCUT2D eigenvalue weighted by Crippen LogP contribution is -2.19. The molecule has 0 aliphatic rings. The Morgan fingerprint density at radius 3 is 2.60 bits per heavy atom. The van der Waals surface area contributed by atoms with Crippen molar-refractivity contribution in [3.8, 4) is 5.75 Å². The zero-order valence-electron chi connectivity index (χ0n) is 8.45. The number of benzene rings is 1. The highest BCUT2D eigenvalue weighted by Crippen LogP contribution is 2.27. The predicted octanol–water partition coefficient (Wildman–Crippen LogP) is 1.30. The number of nitrogens with one attached hydrogen (secondary N) is 1. The first-order valence-corrected chi connectivity index (χ1v) is 6.25. The zero-order valence-corrected chi connectivity index (χ0v) is 10.0. The molecule has 1 N–H and O–H groups in total. The quantitative estimate of drug-likeness (QED) is 0.874. The van der Waals surface area contributed by atoms with Crippen LogP contribution in [0, 0.1) is 0 Å². The first-order valence-electron chi connectivity index (χ1n) is 4.22. The average molecular weight is 250 g/mol. The lowest BCUT2D eigenvalue weighted by molar-refractivity contribution is 0.414. The minimum atomic E-state index is -3.31. The Morgan fingerprint density at radius 1 is 1.47 bits per heavy atom. The van der Waals surface area contributed by atoms with Gasteiger partial charge in [-0.05, 0) is 25.2 Å². The minimum Gasteiger partial charge on any atom is -0.495 e. The molecule has 1 aromatic rings. The van der Waals surface area contributed by atoms with Gasteiger partial charge < -0.3 is 10.1 Å². The smallest absolute Gasteiger partial charge is 0.191 e. The summed E-state index contributed by atoms with van der Waals surface area (Å²) in [4.78, 5) is 0.183. The van der Waals surface area contributed by atoms with E-state index in [9.17, 15) is 8.42 Å². The highest BCUT2D eigenvalue weighted by molar-refractivity contribution is 7.91. The molecule has 0 heterocycles. The fraction of sp³-hybridized carbons (Fsp3) is 0.333. The maximum absolute atomic E-state index is 11.6. The van der Waals surface area contributed by atoms with Gasteiger partial charge in [-0.2, -0.15) is 0 Å². The summed E-state index contributed by atoms with van der Waals surface area (Å²) in [5.74, 6) is 0.343. The van der Waals surface area contributed by atoms with Gasteiger partial charge in [-0.3, -0.25) is 0 Å². The highest BCUT2D eigenvalue weighted by Gasteiger charge is 2.14. The molecule has 0 bridgehead atoms. The third kappa shape index (κ3) is 2.84. The first kappa shape index (κ1) is 12.3. The van der Waals surface area contributed by atoms with Crippen LogP contribution in [0.1, 0.15) is 0 Å². The van der Waals surface area contributed by atoms with Crippen molar-refractivity contribution in [2.75, 3.05) is 20.0 Å². The van der Waals surface area contributed by atoms with Crippen LogP contribution in [0.2, 0.25) is 5.02 Å². The molecule has 0 aliphatic carbocycles. The first-order chi connectivity index (χ1) is 7.01. The molecular formula is C9H12ClNO3S. The van der Waals surface area contributed by atoms with E-state index in [1.54, 1.807) is 7.05 Å². The van der Waals surface area contributed by atoms with Gasteiger partial charge in [0.2, 0.25) is 0 Å². The molecule has 0 unspecified atom stereocenters. The summed E-state index contributed by atoms with van der Waals surface area (Å²) in [6.07, 6.45) is 0. The molecule has 0 saturated heterocycles. The zero-order chi connectivity index (χ0) is 11.5. The van der Waals surface area contributed by atoms with E-state index in [2.05, 4.69) is 5.32 Å². The molecule has 6 heteroatoms. The Labute approximate surface area is 94.1 Å². The van der Waals surface area contributed by atoms with E-state index < -0.39 is 9.84 Å². The Bertz CT molecular complexity index is 445. The molecule has 1 aromatic carbocycles. The van der Waals surface area contributed by atoms with Crippen LogP contribution in [-0.2, 0) is 9.84 Å². The fourth-order valence-electron chi connectivity index (χ4n) is 1.11. The van der Waals surface area contributed by atoms with Crippen LogP contribution in [0.4, 0.5) is 0 Å². The monoisotopic (exact) mass is 249 g/mol. The van der Waals surface area contributed by atoms with Crippen LogP contribution in [-0.4, -0.2) is 28.5 Å². The summed E-state index contributed by atoms with van der Waals surface area (Å²) in [5, 5.41) is 2.88. The average Bonchev–Trinajstić information content (AvgIpc) is 2.17. The fourth-order valence-corrected chi connectivity index (χ4v) is 2.56. The van der Waals surface area contributed by atoms with E-state index in [1.807, 2.05) is 0 Å². The molecular weight excluding hydrogens is 238 g/mol. The van der Waals surface area contributed by atoms with Crippen molar-refractivity contribution in [2.45, 2.75) is 4.90 Å².